The number of rotatable bonds is 5. The van der Waals surface area contributed by atoms with E-state index in [1.807, 2.05) is 31.2 Å². The number of anilines is 1. The third-order valence-electron chi connectivity index (χ3n) is 4.60. The van der Waals surface area contributed by atoms with Crippen LogP contribution >= 0.6 is 0 Å². The van der Waals surface area contributed by atoms with Crippen LogP contribution in [-0.4, -0.2) is 28.9 Å². The molecule has 1 heterocycles. The van der Waals surface area contributed by atoms with Crippen molar-refractivity contribution >= 4 is 11.6 Å². The van der Waals surface area contributed by atoms with Gasteiger partial charge in [0.2, 0.25) is 5.91 Å². The normalized spacial score (nSPS) is 24.0. The zero-order chi connectivity index (χ0) is 15.4. The van der Waals surface area contributed by atoms with Crippen molar-refractivity contribution < 1.29 is 4.79 Å². The van der Waals surface area contributed by atoms with Crippen molar-refractivity contribution in [1.82, 2.24) is 4.90 Å². The molecule has 3 atom stereocenters. The van der Waals surface area contributed by atoms with Crippen LogP contribution in [0.15, 0.2) is 24.3 Å². The summed E-state index contributed by atoms with van der Waals surface area (Å²) in [5.74, 6) is 0.0719. The standard InChI is InChI=1S/C17H27N3O/c1-4-16-10-5-12(2)20(16)13(3)17(21)19-15-8-6-14(11-18)7-9-15/h6-9,12-13,16H,4-5,10-11,18H2,1-3H3,(H,19,21). The Kier molecular flexibility index (Phi) is 5.37. The van der Waals surface area contributed by atoms with Crippen LogP contribution < -0.4 is 11.1 Å². The summed E-state index contributed by atoms with van der Waals surface area (Å²) in [5, 5.41) is 3.01. The van der Waals surface area contributed by atoms with E-state index in [9.17, 15) is 4.79 Å². The van der Waals surface area contributed by atoms with E-state index in [-0.39, 0.29) is 11.9 Å². The Morgan fingerprint density at radius 1 is 1.38 bits per heavy atom. The Balaban J connectivity index is 2.01. The SMILES string of the molecule is CCC1CCC(C)N1C(C)C(=O)Nc1ccc(CN)cc1. The van der Waals surface area contributed by atoms with Crippen LogP contribution in [0.5, 0.6) is 0 Å². The van der Waals surface area contributed by atoms with Gasteiger partial charge >= 0.3 is 0 Å². The summed E-state index contributed by atoms with van der Waals surface area (Å²) in [6, 6.07) is 8.65. The molecular formula is C17H27N3O. The van der Waals surface area contributed by atoms with E-state index in [4.69, 9.17) is 5.73 Å². The second kappa shape index (κ2) is 7.05. The van der Waals surface area contributed by atoms with E-state index in [1.54, 1.807) is 0 Å². The molecule has 0 bridgehead atoms. The first kappa shape index (κ1) is 16.0. The fourth-order valence-corrected chi connectivity index (χ4v) is 3.31. The fourth-order valence-electron chi connectivity index (χ4n) is 3.31. The molecule has 3 unspecified atom stereocenters. The summed E-state index contributed by atoms with van der Waals surface area (Å²) >= 11 is 0. The van der Waals surface area contributed by atoms with Gasteiger partial charge in [0.1, 0.15) is 0 Å². The summed E-state index contributed by atoms with van der Waals surface area (Å²) in [4.78, 5) is 14.8. The maximum Gasteiger partial charge on any atom is 0.241 e. The van der Waals surface area contributed by atoms with Crippen LogP contribution in [0.2, 0.25) is 0 Å². The molecule has 0 aliphatic carbocycles. The van der Waals surface area contributed by atoms with Crippen LogP contribution in [0.4, 0.5) is 5.69 Å². The monoisotopic (exact) mass is 289 g/mol. The minimum absolute atomic E-state index is 0.0719. The number of nitrogens with two attached hydrogens (primary N) is 1. The highest BCUT2D eigenvalue weighted by atomic mass is 16.2. The van der Waals surface area contributed by atoms with Crippen molar-refractivity contribution in [1.29, 1.82) is 0 Å². The molecular weight excluding hydrogens is 262 g/mol. The Bertz CT molecular complexity index is 471. The smallest absolute Gasteiger partial charge is 0.241 e. The zero-order valence-corrected chi connectivity index (χ0v) is 13.3. The highest BCUT2D eigenvalue weighted by molar-refractivity contribution is 5.94. The van der Waals surface area contributed by atoms with Crippen molar-refractivity contribution in [2.75, 3.05) is 5.32 Å². The van der Waals surface area contributed by atoms with Crippen LogP contribution in [0.25, 0.3) is 0 Å². The quantitative estimate of drug-likeness (QED) is 0.876. The highest BCUT2D eigenvalue weighted by Gasteiger charge is 2.35. The molecule has 1 fully saturated rings. The van der Waals surface area contributed by atoms with Gasteiger partial charge in [0.15, 0.2) is 0 Å². The van der Waals surface area contributed by atoms with Gasteiger partial charge in [0.05, 0.1) is 6.04 Å². The lowest BCUT2D eigenvalue weighted by molar-refractivity contribution is -0.121. The van der Waals surface area contributed by atoms with Gasteiger partial charge in [-0.2, -0.15) is 0 Å². The first-order valence-corrected chi connectivity index (χ1v) is 7.94. The average molecular weight is 289 g/mol. The maximum absolute atomic E-state index is 12.5. The number of nitrogens with one attached hydrogen (secondary N) is 1. The molecule has 1 amide bonds. The Morgan fingerprint density at radius 3 is 2.62 bits per heavy atom. The molecule has 0 spiro atoms. The average Bonchev–Trinajstić information content (AvgIpc) is 2.88. The van der Waals surface area contributed by atoms with Gasteiger partial charge in [-0.15, -0.1) is 0 Å². The second-order valence-corrected chi connectivity index (χ2v) is 6.00. The van der Waals surface area contributed by atoms with Gasteiger partial charge in [-0.05, 0) is 50.8 Å². The van der Waals surface area contributed by atoms with Crippen molar-refractivity contribution in [2.45, 2.75) is 64.7 Å². The summed E-state index contributed by atoms with van der Waals surface area (Å²) in [6.45, 7) is 6.95. The molecule has 1 aromatic carbocycles. The Hall–Kier alpha value is -1.39. The number of amides is 1. The second-order valence-electron chi connectivity index (χ2n) is 6.00. The number of carbonyl (C=O) groups is 1. The van der Waals surface area contributed by atoms with E-state index in [0.29, 0.717) is 18.6 Å². The number of nitrogens with zero attached hydrogens (tertiary/aromatic N) is 1. The van der Waals surface area contributed by atoms with Gasteiger partial charge < -0.3 is 11.1 Å². The van der Waals surface area contributed by atoms with E-state index >= 15 is 0 Å². The summed E-state index contributed by atoms with van der Waals surface area (Å²) in [5.41, 5.74) is 7.49. The lowest BCUT2D eigenvalue weighted by Crippen LogP contribution is -2.47. The predicted molar refractivity (Wildman–Crippen MR) is 87.0 cm³/mol. The first-order valence-electron chi connectivity index (χ1n) is 7.94. The Labute approximate surface area is 127 Å². The van der Waals surface area contributed by atoms with Crippen molar-refractivity contribution in [3.63, 3.8) is 0 Å². The number of hydrogen-bond acceptors (Lipinski definition) is 3. The number of carbonyl (C=O) groups excluding carboxylic acids is 1. The van der Waals surface area contributed by atoms with Crippen LogP contribution in [0, 0.1) is 0 Å². The molecule has 116 valence electrons. The molecule has 3 N–H and O–H groups in total. The molecule has 1 aromatic rings. The molecule has 0 radical (unpaired) electrons. The van der Waals surface area contributed by atoms with Gasteiger partial charge in [-0.1, -0.05) is 19.1 Å². The molecule has 4 nitrogen and oxygen atoms in total. The summed E-state index contributed by atoms with van der Waals surface area (Å²) < 4.78 is 0. The molecule has 4 heteroatoms. The summed E-state index contributed by atoms with van der Waals surface area (Å²) in [7, 11) is 0. The molecule has 0 aromatic heterocycles. The van der Waals surface area contributed by atoms with Crippen molar-refractivity contribution in [3.05, 3.63) is 29.8 Å². The zero-order valence-electron chi connectivity index (χ0n) is 13.3. The molecule has 1 aliphatic heterocycles. The molecule has 0 saturated carbocycles. The fraction of sp³-hybridized carbons (Fsp3) is 0.588. The van der Waals surface area contributed by atoms with E-state index < -0.39 is 0 Å². The molecule has 1 saturated heterocycles. The number of likely N-dealkylation sites (tertiary alicyclic amines) is 1. The largest absolute Gasteiger partial charge is 0.326 e. The van der Waals surface area contributed by atoms with Gasteiger partial charge in [-0.3, -0.25) is 9.69 Å². The van der Waals surface area contributed by atoms with Gasteiger partial charge in [0.25, 0.3) is 0 Å². The lowest BCUT2D eigenvalue weighted by Gasteiger charge is -2.32. The van der Waals surface area contributed by atoms with E-state index in [0.717, 1.165) is 17.7 Å². The number of hydrogen-bond donors (Lipinski definition) is 2. The van der Waals surface area contributed by atoms with E-state index in [2.05, 4.69) is 24.1 Å². The van der Waals surface area contributed by atoms with Crippen molar-refractivity contribution in [3.8, 4) is 0 Å². The topological polar surface area (TPSA) is 58.4 Å². The van der Waals surface area contributed by atoms with Crippen LogP contribution in [-0.2, 0) is 11.3 Å². The lowest BCUT2D eigenvalue weighted by atomic mass is 10.1. The minimum atomic E-state index is -0.0957. The Morgan fingerprint density at radius 2 is 2.05 bits per heavy atom. The third kappa shape index (κ3) is 3.63. The van der Waals surface area contributed by atoms with Crippen LogP contribution in [0.3, 0.4) is 0 Å². The minimum Gasteiger partial charge on any atom is -0.326 e. The highest BCUT2D eigenvalue weighted by Crippen LogP contribution is 2.28. The van der Waals surface area contributed by atoms with Gasteiger partial charge in [0, 0.05) is 24.3 Å². The third-order valence-corrected chi connectivity index (χ3v) is 4.60. The van der Waals surface area contributed by atoms with Crippen molar-refractivity contribution in [2.24, 2.45) is 5.73 Å². The molecule has 21 heavy (non-hydrogen) atoms. The predicted octanol–water partition coefficient (Wildman–Crippen LogP) is 2.74. The van der Waals surface area contributed by atoms with Crippen LogP contribution in [0.1, 0.15) is 45.6 Å². The molecule has 1 aliphatic rings. The first-order chi connectivity index (χ1) is 10.1. The summed E-state index contributed by atoms with van der Waals surface area (Å²) in [6.07, 6.45) is 3.48. The molecule has 2 rings (SSSR count). The maximum atomic E-state index is 12.5. The van der Waals surface area contributed by atoms with E-state index in [1.165, 1.54) is 12.8 Å². The van der Waals surface area contributed by atoms with Gasteiger partial charge in [-0.25, -0.2) is 0 Å². The number of benzene rings is 1.